The van der Waals surface area contributed by atoms with Crippen molar-refractivity contribution in [2.24, 2.45) is 0 Å². The highest BCUT2D eigenvalue weighted by Crippen LogP contribution is 2.20. The van der Waals surface area contributed by atoms with Gasteiger partial charge >= 0.3 is 5.97 Å². The Morgan fingerprint density at radius 1 is 0.950 bits per heavy atom. The first kappa shape index (κ1) is 17.0. The van der Waals surface area contributed by atoms with Gasteiger partial charge in [-0.3, -0.25) is 0 Å². The normalized spacial score (nSPS) is 19.1. The smallest absolute Gasteiger partial charge is 0.330 e. The van der Waals surface area contributed by atoms with Crippen molar-refractivity contribution in [3.63, 3.8) is 0 Å². The molecule has 0 N–H and O–H groups in total. The first-order chi connectivity index (χ1) is 9.83. The first-order valence-electron chi connectivity index (χ1n) is 8.36. The highest BCUT2D eigenvalue weighted by molar-refractivity contribution is 5.82. The van der Waals surface area contributed by atoms with Gasteiger partial charge in [-0.25, -0.2) is 4.79 Å². The van der Waals surface area contributed by atoms with Crippen molar-refractivity contribution in [1.29, 1.82) is 0 Å². The Balaban J connectivity index is 2.42. The van der Waals surface area contributed by atoms with Crippen molar-refractivity contribution >= 4 is 5.97 Å². The molecule has 0 unspecified atom stereocenters. The third kappa shape index (κ3) is 8.95. The topological polar surface area (TPSA) is 26.3 Å². The third-order valence-corrected chi connectivity index (χ3v) is 3.85. The predicted molar refractivity (Wildman–Crippen MR) is 84.6 cm³/mol. The van der Waals surface area contributed by atoms with Crippen LogP contribution in [0.4, 0.5) is 0 Å². The zero-order valence-corrected chi connectivity index (χ0v) is 13.0. The fourth-order valence-electron chi connectivity index (χ4n) is 2.69. The molecule has 2 heteroatoms. The molecule has 1 aliphatic rings. The average Bonchev–Trinajstić information content (AvgIpc) is 2.41. The molecule has 0 bridgehead atoms. The van der Waals surface area contributed by atoms with E-state index < -0.39 is 0 Å². The number of hydrogen-bond acceptors (Lipinski definition) is 2. The largest absolute Gasteiger partial charge is 0.463 e. The molecular formula is C18H30O2. The molecule has 1 fully saturated rings. The number of hydrogen-bond donors (Lipinski definition) is 0. The minimum absolute atomic E-state index is 0.238. The van der Waals surface area contributed by atoms with E-state index in [2.05, 4.69) is 6.08 Å². The van der Waals surface area contributed by atoms with Crippen LogP contribution < -0.4 is 0 Å². The zero-order chi connectivity index (χ0) is 14.5. The van der Waals surface area contributed by atoms with Crippen LogP contribution in [0.25, 0.3) is 0 Å². The van der Waals surface area contributed by atoms with E-state index in [1.165, 1.54) is 82.3 Å². The number of ether oxygens (including phenoxy) is 1. The third-order valence-electron chi connectivity index (χ3n) is 3.85. The number of carbonyl (C=O) groups excluding carboxylic acids is 1. The van der Waals surface area contributed by atoms with E-state index in [4.69, 9.17) is 4.74 Å². The Hall–Kier alpha value is -1.05. The van der Waals surface area contributed by atoms with Crippen molar-refractivity contribution < 1.29 is 9.53 Å². The van der Waals surface area contributed by atoms with Crippen molar-refractivity contribution in [3.05, 3.63) is 23.8 Å². The molecule has 0 saturated heterocycles. The Morgan fingerprint density at radius 2 is 1.45 bits per heavy atom. The number of rotatable bonds is 3. The summed E-state index contributed by atoms with van der Waals surface area (Å²) >= 11 is 0. The molecule has 0 aromatic rings. The van der Waals surface area contributed by atoms with Crippen LogP contribution in [0.2, 0.25) is 0 Å². The summed E-state index contributed by atoms with van der Waals surface area (Å²) in [6.07, 6.45) is 20.2. The van der Waals surface area contributed by atoms with Gasteiger partial charge in [0.2, 0.25) is 0 Å². The second kappa shape index (κ2) is 11.7. The summed E-state index contributed by atoms with van der Waals surface area (Å²) in [5.41, 5.74) is 1.49. The summed E-state index contributed by atoms with van der Waals surface area (Å²) < 4.78 is 4.89. The first-order valence-corrected chi connectivity index (χ1v) is 8.36. The lowest BCUT2D eigenvalue weighted by atomic mass is 9.97. The molecule has 1 saturated carbocycles. The highest BCUT2D eigenvalue weighted by Gasteiger charge is 2.01. The number of allylic oxidation sites excluding steroid dienone is 3. The Kier molecular flexibility index (Phi) is 9.99. The Bertz CT molecular complexity index is 301. The molecule has 0 atom stereocenters. The lowest BCUT2D eigenvalue weighted by Gasteiger charge is -2.09. The predicted octanol–water partition coefficient (Wildman–Crippen LogP) is 5.34. The molecule has 0 spiro atoms. The van der Waals surface area contributed by atoms with Crippen molar-refractivity contribution in [2.75, 3.05) is 6.61 Å². The van der Waals surface area contributed by atoms with Gasteiger partial charge in [-0.15, -0.1) is 0 Å². The summed E-state index contributed by atoms with van der Waals surface area (Å²) in [7, 11) is 0. The maximum Gasteiger partial charge on any atom is 0.330 e. The van der Waals surface area contributed by atoms with E-state index in [0.29, 0.717) is 6.61 Å². The quantitative estimate of drug-likeness (QED) is 0.514. The molecule has 114 valence electrons. The summed E-state index contributed by atoms with van der Waals surface area (Å²) in [6, 6.07) is 0. The summed E-state index contributed by atoms with van der Waals surface area (Å²) in [6.45, 7) is 2.27. The Labute approximate surface area is 124 Å². The molecule has 0 heterocycles. The summed E-state index contributed by atoms with van der Waals surface area (Å²) in [5, 5.41) is 0. The van der Waals surface area contributed by atoms with Crippen LogP contribution in [0.15, 0.2) is 23.8 Å². The van der Waals surface area contributed by atoms with Crippen LogP contribution in [-0.2, 0) is 9.53 Å². The molecule has 0 aliphatic heterocycles. The fourth-order valence-corrected chi connectivity index (χ4v) is 2.69. The van der Waals surface area contributed by atoms with Crippen LogP contribution in [-0.4, -0.2) is 12.6 Å². The van der Waals surface area contributed by atoms with Gasteiger partial charge < -0.3 is 4.74 Å². The second-order valence-electron chi connectivity index (χ2n) is 5.62. The standard InChI is InChI=1S/C18H30O2/c1-2-20-18(19)16-12-15-17-13-10-8-6-4-3-5-7-9-11-14-17/h12,15-16H,2-11,13-14H2,1H3/b16-12-. The second-order valence-corrected chi connectivity index (χ2v) is 5.62. The molecule has 0 aromatic heterocycles. The van der Waals surface area contributed by atoms with Gasteiger partial charge in [0, 0.05) is 6.08 Å². The molecule has 1 aliphatic carbocycles. The fraction of sp³-hybridized carbons (Fsp3) is 0.722. The number of carbonyl (C=O) groups is 1. The van der Waals surface area contributed by atoms with Gasteiger partial charge in [-0.05, 0) is 32.6 Å². The highest BCUT2D eigenvalue weighted by atomic mass is 16.5. The van der Waals surface area contributed by atoms with Gasteiger partial charge in [0.05, 0.1) is 6.61 Å². The lowest BCUT2D eigenvalue weighted by Crippen LogP contribution is -1.98. The van der Waals surface area contributed by atoms with Gasteiger partial charge in [-0.1, -0.05) is 62.7 Å². The molecule has 0 aromatic carbocycles. The van der Waals surface area contributed by atoms with Crippen molar-refractivity contribution in [3.8, 4) is 0 Å². The van der Waals surface area contributed by atoms with Crippen LogP contribution >= 0.6 is 0 Å². The van der Waals surface area contributed by atoms with Crippen molar-refractivity contribution in [2.45, 2.75) is 77.6 Å². The van der Waals surface area contributed by atoms with E-state index in [-0.39, 0.29) is 5.97 Å². The maximum atomic E-state index is 11.3. The van der Waals surface area contributed by atoms with Crippen LogP contribution in [0, 0.1) is 0 Å². The molecular weight excluding hydrogens is 248 g/mol. The molecule has 1 rings (SSSR count). The van der Waals surface area contributed by atoms with E-state index >= 15 is 0 Å². The monoisotopic (exact) mass is 278 g/mol. The molecule has 2 nitrogen and oxygen atoms in total. The van der Waals surface area contributed by atoms with Gasteiger partial charge in [0.15, 0.2) is 0 Å². The van der Waals surface area contributed by atoms with Crippen LogP contribution in [0.5, 0.6) is 0 Å². The summed E-state index contributed by atoms with van der Waals surface area (Å²) in [4.78, 5) is 11.3. The van der Waals surface area contributed by atoms with E-state index in [1.54, 1.807) is 0 Å². The van der Waals surface area contributed by atoms with Crippen LogP contribution in [0.3, 0.4) is 0 Å². The van der Waals surface area contributed by atoms with E-state index in [0.717, 1.165) is 0 Å². The van der Waals surface area contributed by atoms with Crippen molar-refractivity contribution in [1.82, 2.24) is 0 Å². The van der Waals surface area contributed by atoms with Gasteiger partial charge in [-0.2, -0.15) is 0 Å². The van der Waals surface area contributed by atoms with Gasteiger partial charge in [0.25, 0.3) is 0 Å². The summed E-state index contributed by atoms with van der Waals surface area (Å²) in [5.74, 6) is -0.238. The molecule has 20 heavy (non-hydrogen) atoms. The minimum Gasteiger partial charge on any atom is -0.463 e. The maximum absolute atomic E-state index is 11.3. The SMILES string of the molecule is CCOC(=O)/C=C\C=C1CCCCCCCCCCC1. The number of esters is 1. The average molecular weight is 278 g/mol. The van der Waals surface area contributed by atoms with Gasteiger partial charge in [0.1, 0.15) is 0 Å². The zero-order valence-electron chi connectivity index (χ0n) is 13.0. The van der Waals surface area contributed by atoms with Crippen LogP contribution in [0.1, 0.15) is 77.6 Å². The lowest BCUT2D eigenvalue weighted by molar-refractivity contribution is -0.137. The Morgan fingerprint density at radius 3 is 1.95 bits per heavy atom. The van der Waals surface area contributed by atoms with E-state index in [1.807, 2.05) is 13.0 Å². The molecule has 0 amide bonds. The van der Waals surface area contributed by atoms with E-state index in [9.17, 15) is 4.79 Å². The minimum atomic E-state index is -0.238. The molecule has 0 radical (unpaired) electrons.